The summed E-state index contributed by atoms with van der Waals surface area (Å²) in [6.07, 6.45) is 2.31. The molecule has 0 fully saturated rings. The molecule has 0 spiro atoms. The Kier molecular flexibility index (Phi) is 4.99. The number of hydrogen-bond acceptors (Lipinski definition) is 4. The molecule has 0 saturated heterocycles. The first-order chi connectivity index (χ1) is 13.8. The summed E-state index contributed by atoms with van der Waals surface area (Å²) in [4.78, 5) is 19.4. The molecule has 0 bridgehead atoms. The highest BCUT2D eigenvalue weighted by Crippen LogP contribution is 2.50. The quantitative estimate of drug-likeness (QED) is 0.637. The second-order valence-electron chi connectivity index (χ2n) is 8.52. The number of H-pyrrole nitrogens is 1. The third-order valence-electron chi connectivity index (χ3n) is 5.76. The fourth-order valence-electron chi connectivity index (χ4n) is 4.65. The van der Waals surface area contributed by atoms with Crippen LogP contribution in [0.3, 0.4) is 0 Å². The molecule has 1 N–H and O–H groups in total. The molecule has 1 aliphatic rings. The van der Waals surface area contributed by atoms with Crippen molar-refractivity contribution >= 4 is 23.4 Å². The maximum atomic E-state index is 13.3. The first-order valence-corrected chi connectivity index (χ1v) is 10.8. The van der Waals surface area contributed by atoms with Gasteiger partial charge in [-0.3, -0.25) is 9.89 Å². The molecule has 0 radical (unpaired) electrons. The second-order valence-corrected chi connectivity index (χ2v) is 9.48. The van der Waals surface area contributed by atoms with Crippen LogP contribution in [0.1, 0.15) is 43.9 Å². The standard InChI is InChI=1S/C23H26N4OS/c1-16-10-11-19-18(12-16)23(4,17-8-6-5-7-9-17)14-22(2,3)27(19)20(28)13-29-21-24-15-25-26-21/h5-12,15H,13-14H2,1-4H3,(H,24,25,26). The molecule has 0 saturated carbocycles. The number of nitrogens with zero attached hydrogens (tertiary/aromatic N) is 3. The van der Waals surface area contributed by atoms with E-state index in [1.165, 1.54) is 34.8 Å². The van der Waals surface area contributed by atoms with Gasteiger partial charge in [-0.05, 0) is 44.4 Å². The second kappa shape index (κ2) is 7.34. The third-order valence-corrected chi connectivity index (χ3v) is 6.63. The molecule has 1 unspecified atom stereocenters. The normalized spacial score (nSPS) is 20.3. The Morgan fingerprint density at radius 1 is 1.17 bits per heavy atom. The van der Waals surface area contributed by atoms with E-state index in [2.05, 4.69) is 91.4 Å². The number of benzene rings is 2. The fraction of sp³-hybridized carbons (Fsp3) is 0.348. The summed E-state index contributed by atoms with van der Waals surface area (Å²) in [6.45, 7) is 8.73. The number of carbonyl (C=O) groups excluding carboxylic acids is 1. The summed E-state index contributed by atoms with van der Waals surface area (Å²) in [5.74, 6) is 0.394. The zero-order chi connectivity index (χ0) is 20.6. The number of hydrogen-bond donors (Lipinski definition) is 1. The van der Waals surface area contributed by atoms with E-state index < -0.39 is 0 Å². The van der Waals surface area contributed by atoms with E-state index in [4.69, 9.17) is 0 Å². The summed E-state index contributed by atoms with van der Waals surface area (Å²) in [6, 6.07) is 17.1. The number of amides is 1. The SMILES string of the molecule is Cc1ccc2c(c1)C(C)(c1ccccc1)CC(C)(C)N2C(=O)CSc1ncn[nH]1. The fourth-order valence-corrected chi connectivity index (χ4v) is 5.27. The van der Waals surface area contributed by atoms with Gasteiger partial charge in [0.2, 0.25) is 5.91 Å². The number of carbonyl (C=O) groups is 1. The first kappa shape index (κ1) is 19.7. The van der Waals surface area contributed by atoms with Gasteiger partial charge in [-0.2, -0.15) is 5.10 Å². The van der Waals surface area contributed by atoms with Crippen molar-refractivity contribution in [2.75, 3.05) is 10.7 Å². The van der Waals surface area contributed by atoms with Gasteiger partial charge in [-0.1, -0.05) is 66.7 Å². The molecule has 2 aromatic carbocycles. The zero-order valence-electron chi connectivity index (χ0n) is 17.3. The van der Waals surface area contributed by atoms with Gasteiger partial charge in [0, 0.05) is 16.6 Å². The topological polar surface area (TPSA) is 61.9 Å². The van der Waals surface area contributed by atoms with E-state index in [9.17, 15) is 4.79 Å². The summed E-state index contributed by atoms with van der Waals surface area (Å²) >= 11 is 1.38. The molecule has 1 aromatic heterocycles. The maximum absolute atomic E-state index is 13.3. The van der Waals surface area contributed by atoms with Crippen LogP contribution in [0.25, 0.3) is 0 Å². The van der Waals surface area contributed by atoms with E-state index in [0.717, 1.165) is 12.1 Å². The van der Waals surface area contributed by atoms with Gasteiger partial charge < -0.3 is 4.90 Å². The number of aryl methyl sites for hydroxylation is 1. The molecule has 1 amide bonds. The first-order valence-electron chi connectivity index (χ1n) is 9.79. The highest BCUT2D eigenvalue weighted by molar-refractivity contribution is 7.99. The highest BCUT2D eigenvalue weighted by Gasteiger charge is 2.47. The minimum absolute atomic E-state index is 0.0802. The van der Waals surface area contributed by atoms with Crippen LogP contribution in [0.4, 0.5) is 5.69 Å². The Labute approximate surface area is 175 Å². The van der Waals surface area contributed by atoms with Crippen molar-refractivity contribution in [3.05, 3.63) is 71.5 Å². The van der Waals surface area contributed by atoms with E-state index in [1.807, 2.05) is 4.90 Å². The van der Waals surface area contributed by atoms with Crippen molar-refractivity contribution in [3.63, 3.8) is 0 Å². The van der Waals surface area contributed by atoms with Gasteiger partial charge in [0.25, 0.3) is 0 Å². The number of fused-ring (bicyclic) bond motifs is 1. The predicted octanol–water partition coefficient (Wildman–Crippen LogP) is 4.73. The molecule has 150 valence electrons. The summed E-state index contributed by atoms with van der Waals surface area (Å²) < 4.78 is 0. The van der Waals surface area contributed by atoms with Gasteiger partial charge in [-0.15, -0.1) is 0 Å². The van der Waals surface area contributed by atoms with Crippen molar-refractivity contribution in [3.8, 4) is 0 Å². The Hall–Kier alpha value is -2.60. The molecule has 0 aliphatic carbocycles. The predicted molar refractivity (Wildman–Crippen MR) is 117 cm³/mol. The van der Waals surface area contributed by atoms with Crippen LogP contribution in [0, 0.1) is 6.92 Å². The van der Waals surface area contributed by atoms with Crippen molar-refractivity contribution in [2.45, 2.75) is 50.2 Å². The molecule has 5 nitrogen and oxygen atoms in total. The number of thioether (sulfide) groups is 1. The van der Waals surface area contributed by atoms with E-state index in [1.54, 1.807) is 0 Å². The number of aromatic amines is 1. The molecule has 4 rings (SSSR count). The molecule has 1 aliphatic heterocycles. The Morgan fingerprint density at radius 2 is 1.93 bits per heavy atom. The summed E-state index contributed by atoms with van der Waals surface area (Å²) in [5, 5.41) is 7.32. The lowest BCUT2D eigenvalue weighted by Crippen LogP contribution is -2.56. The Balaban J connectivity index is 1.77. The number of rotatable bonds is 4. The van der Waals surface area contributed by atoms with E-state index in [0.29, 0.717) is 10.9 Å². The maximum Gasteiger partial charge on any atom is 0.237 e. The average molecular weight is 407 g/mol. The zero-order valence-corrected chi connectivity index (χ0v) is 18.1. The average Bonchev–Trinajstić information content (AvgIpc) is 3.21. The van der Waals surface area contributed by atoms with Gasteiger partial charge in [0.15, 0.2) is 5.16 Å². The third kappa shape index (κ3) is 3.57. The number of aromatic nitrogens is 3. The minimum Gasteiger partial charge on any atom is -0.306 e. The molecule has 3 aromatic rings. The van der Waals surface area contributed by atoms with Gasteiger partial charge in [0.05, 0.1) is 5.75 Å². The Bertz CT molecular complexity index is 1020. The van der Waals surface area contributed by atoms with Crippen LogP contribution in [0.15, 0.2) is 60.0 Å². The van der Waals surface area contributed by atoms with Crippen LogP contribution < -0.4 is 4.90 Å². The van der Waals surface area contributed by atoms with Gasteiger partial charge >= 0.3 is 0 Å². The van der Waals surface area contributed by atoms with E-state index in [-0.39, 0.29) is 16.9 Å². The van der Waals surface area contributed by atoms with Crippen LogP contribution in [-0.2, 0) is 10.2 Å². The van der Waals surface area contributed by atoms with Crippen LogP contribution in [0.2, 0.25) is 0 Å². The molecule has 1 atom stereocenters. The molecular weight excluding hydrogens is 380 g/mol. The van der Waals surface area contributed by atoms with Crippen LogP contribution in [-0.4, -0.2) is 32.4 Å². The molecule has 6 heteroatoms. The minimum atomic E-state index is -0.327. The largest absolute Gasteiger partial charge is 0.306 e. The van der Waals surface area contributed by atoms with Crippen molar-refractivity contribution in [1.82, 2.24) is 15.2 Å². The van der Waals surface area contributed by atoms with Crippen molar-refractivity contribution < 1.29 is 4.79 Å². The lowest BCUT2D eigenvalue weighted by molar-refractivity contribution is -0.117. The summed E-state index contributed by atoms with van der Waals surface area (Å²) in [5.41, 5.74) is 4.20. The van der Waals surface area contributed by atoms with Crippen molar-refractivity contribution in [2.24, 2.45) is 0 Å². The molecule has 29 heavy (non-hydrogen) atoms. The number of nitrogens with one attached hydrogen (secondary N) is 1. The number of anilines is 1. The lowest BCUT2D eigenvalue weighted by atomic mass is 9.65. The monoisotopic (exact) mass is 406 g/mol. The van der Waals surface area contributed by atoms with Gasteiger partial charge in [0.1, 0.15) is 6.33 Å². The summed E-state index contributed by atoms with van der Waals surface area (Å²) in [7, 11) is 0. The Morgan fingerprint density at radius 3 is 2.62 bits per heavy atom. The van der Waals surface area contributed by atoms with Crippen molar-refractivity contribution in [1.29, 1.82) is 0 Å². The molecular formula is C23H26N4OS. The van der Waals surface area contributed by atoms with Crippen LogP contribution in [0.5, 0.6) is 0 Å². The van der Waals surface area contributed by atoms with E-state index >= 15 is 0 Å². The molecule has 2 heterocycles. The van der Waals surface area contributed by atoms with Gasteiger partial charge in [-0.25, -0.2) is 4.98 Å². The van der Waals surface area contributed by atoms with Crippen LogP contribution >= 0.6 is 11.8 Å². The lowest BCUT2D eigenvalue weighted by Gasteiger charge is -2.51. The highest BCUT2D eigenvalue weighted by atomic mass is 32.2. The smallest absolute Gasteiger partial charge is 0.237 e.